The molecule has 0 bridgehead atoms. The fourth-order valence-electron chi connectivity index (χ4n) is 6.95. The van der Waals surface area contributed by atoms with Gasteiger partial charge >= 0.3 is 0 Å². The number of nitrogens with one attached hydrogen (secondary N) is 2. The first-order valence-electron chi connectivity index (χ1n) is 18.1. The lowest BCUT2D eigenvalue weighted by atomic mass is 9.82. The summed E-state index contributed by atoms with van der Waals surface area (Å²) >= 11 is 0. The van der Waals surface area contributed by atoms with Crippen molar-refractivity contribution in [2.24, 2.45) is 17.8 Å². The topological polar surface area (TPSA) is 137 Å². The minimum atomic E-state index is -1.16. The molecule has 2 unspecified atom stereocenters. The first-order chi connectivity index (χ1) is 24.0. The van der Waals surface area contributed by atoms with E-state index in [-0.39, 0.29) is 24.7 Å². The van der Waals surface area contributed by atoms with Crippen molar-refractivity contribution in [2.75, 3.05) is 13.6 Å². The number of aliphatic hydroxyl groups excluding tert-OH is 2. The fraction of sp³-hybridized carbons (Fsp3) is 0.550. The molecule has 270 valence electrons. The van der Waals surface area contributed by atoms with Gasteiger partial charge in [-0.05, 0) is 48.8 Å². The summed E-state index contributed by atoms with van der Waals surface area (Å²) in [4.78, 5) is 47.3. The molecule has 2 aromatic carbocycles. The van der Waals surface area contributed by atoms with Crippen LogP contribution in [0.15, 0.2) is 60.9 Å². The van der Waals surface area contributed by atoms with Crippen molar-refractivity contribution in [2.45, 2.75) is 109 Å². The number of hydrogen-bond acceptors (Lipinski definition) is 6. The van der Waals surface area contributed by atoms with Crippen LogP contribution in [-0.2, 0) is 27.3 Å². The summed E-state index contributed by atoms with van der Waals surface area (Å²) in [6.45, 7) is 4.91. The van der Waals surface area contributed by atoms with E-state index in [0.717, 1.165) is 42.3 Å². The predicted octanol–water partition coefficient (Wildman–Crippen LogP) is 4.47. The third-order valence-electron chi connectivity index (χ3n) is 9.86. The van der Waals surface area contributed by atoms with E-state index in [4.69, 9.17) is 6.42 Å². The van der Waals surface area contributed by atoms with Gasteiger partial charge in [-0.1, -0.05) is 88.4 Å². The summed E-state index contributed by atoms with van der Waals surface area (Å²) in [6.07, 6.45) is 11.8. The van der Waals surface area contributed by atoms with E-state index < -0.39 is 42.0 Å². The molecule has 0 aliphatic heterocycles. The molecule has 3 amide bonds. The van der Waals surface area contributed by atoms with E-state index >= 15 is 0 Å². The molecular formula is C40H55N5O5. The zero-order chi connectivity index (χ0) is 36.0. The maximum atomic E-state index is 13.9. The lowest BCUT2D eigenvalue weighted by molar-refractivity contribution is -0.137. The fourth-order valence-corrected chi connectivity index (χ4v) is 6.95. The highest BCUT2D eigenvalue weighted by Crippen LogP contribution is 2.29. The summed E-state index contributed by atoms with van der Waals surface area (Å²) in [6, 6.07) is 15.5. The number of carbonyl (C=O) groups excluding carboxylic acids is 3. The Morgan fingerprint density at radius 2 is 1.70 bits per heavy atom. The number of likely N-dealkylation sites (N-methyl/N-ethyl adjacent to an activating group) is 1. The Morgan fingerprint density at radius 3 is 2.40 bits per heavy atom. The van der Waals surface area contributed by atoms with Gasteiger partial charge < -0.3 is 30.3 Å². The van der Waals surface area contributed by atoms with E-state index in [1.54, 1.807) is 18.3 Å². The smallest absolute Gasteiger partial charge is 0.243 e. The van der Waals surface area contributed by atoms with Crippen molar-refractivity contribution in [3.05, 3.63) is 66.5 Å². The lowest BCUT2D eigenvalue weighted by Crippen LogP contribution is -2.56. The molecule has 1 fully saturated rings. The van der Waals surface area contributed by atoms with Crippen LogP contribution in [-0.4, -0.2) is 80.3 Å². The molecule has 0 spiro atoms. The number of aliphatic hydroxyl groups is 2. The Labute approximate surface area is 297 Å². The SMILES string of the molecule is C#CC[C@H](NC(=O)C(CC(=O)N(C)CCn1cnc2ccccc21)Cc1ccccc1)C(=O)NC(CC1CCCCC1)[C@@H](O)[C@@H](O)CC(C)C. The number of aromatic nitrogens is 2. The van der Waals surface area contributed by atoms with Gasteiger partial charge in [-0.3, -0.25) is 14.4 Å². The van der Waals surface area contributed by atoms with Gasteiger partial charge in [-0.25, -0.2) is 4.98 Å². The highest BCUT2D eigenvalue weighted by molar-refractivity contribution is 5.91. The molecule has 3 aromatic rings. The van der Waals surface area contributed by atoms with Gasteiger partial charge in [0.1, 0.15) is 12.1 Å². The van der Waals surface area contributed by atoms with Crippen LogP contribution in [0.1, 0.15) is 77.2 Å². The maximum Gasteiger partial charge on any atom is 0.243 e. The Bertz CT molecular complexity index is 1560. The highest BCUT2D eigenvalue weighted by atomic mass is 16.3. The molecular weight excluding hydrogens is 630 g/mol. The van der Waals surface area contributed by atoms with Gasteiger partial charge in [0.05, 0.1) is 35.4 Å². The molecule has 0 saturated heterocycles. The second kappa shape index (κ2) is 19.3. The molecule has 10 nitrogen and oxygen atoms in total. The number of amides is 3. The van der Waals surface area contributed by atoms with E-state index in [1.165, 1.54) is 6.42 Å². The zero-order valence-electron chi connectivity index (χ0n) is 29.8. The molecule has 5 atom stereocenters. The Balaban J connectivity index is 1.45. The molecule has 1 aliphatic rings. The number of terminal acetylenes is 1. The van der Waals surface area contributed by atoms with Crippen molar-refractivity contribution in [1.29, 1.82) is 0 Å². The van der Waals surface area contributed by atoms with Crippen LogP contribution in [0, 0.1) is 30.1 Å². The number of rotatable bonds is 18. The van der Waals surface area contributed by atoms with Crippen LogP contribution in [0.3, 0.4) is 0 Å². The average molecular weight is 686 g/mol. The normalized spacial score (nSPS) is 16.6. The number of hydrogen-bond donors (Lipinski definition) is 4. The molecule has 50 heavy (non-hydrogen) atoms. The molecule has 1 aliphatic carbocycles. The van der Waals surface area contributed by atoms with Crippen molar-refractivity contribution in [3.8, 4) is 12.3 Å². The molecule has 4 rings (SSSR count). The number of carbonyl (C=O) groups is 3. The number of fused-ring (bicyclic) bond motifs is 1. The Kier molecular flexibility index (Phi) is 14.9. The molecule has 1 aromatic heterocycles. The monoisotopic (exact) mass is 685 g/mol. The molecule has 4 N–H and O–H groups in total. The van der Waals surface area contributed by atoms with Crippen LogP contribution in [0.4, 0.5) is 0 Å². The predicted molar refractivity (Wildman–Crippen MR) is 196 cm³/mol. The number of imidazole rings is 1. The summed E-state index contributed by atoms with van der Waals surface area (Å²) in [7, 11) is 1.72. The molecule has 1 saturated carbocycles. The van der Waals surface area contributed by atoms with Gasteiger partial charge in [0.25, 0.3) is 0 Å². The summed E-state index contributed by atoms with van der Waals surface area (Å²) < 4.78 is 2.00. The number of benzene rings is 2. The quantitative estimate of drug-likeness (QED) is 0.146. The minimum absolute atomic E-state index is 0.0588. The third kappa shape index (κ3) is 11.4. The van der Waals surface area contributed by atoms with Gasteiger partial charge in [-0.15, -0.1) is 12.3 Å². The maximum absolute atomic E-state index is 13.9. The van der Waals surface area contributed by atoms with E-state index in [1.807, 2.05) is 73.0 Å². The van der Waals surface area contributed by atoms with Crippen LogP contribution in [0.2, 0.25) is 0 Å². The van der Waals surface area contributed by atoms with E-state index in [9.17, 15) is 24.6 Å². The molecule has 10 heteroatoms. The van der Waals surface area contributed by atoms with Crippen LogP contribution in [0.5, 0.6) is 0 Å². The van der Waals surface area contributed by atoms with E-state index in [2.05, 4.69) is 21.5 Å². The van der Waals surface area contributed by atoms with Crippen LogP contribution < -0.4 is 10.6 Å². The van der Waals surface area contributed by atoms with Crippen molar-refractivity contribution < 1.29 is 24.6 Å². The van der Waals surface area contributed by atoms with Crippen molar-refractivity contribution >= 4 is 28.8 Å². The third-order valence-corrected chi connectivity index (χ3v) is 9.86. The molecule has 0 radical (unpaired) electrons. The van der Waals surface area contributed by atoms with Crippen molar-refractivity contribution in [1.82, 2.24) is 25.1 Å². The standard InChI is InChI=1S/C40H55N5O5/c1-5-14-33(40(50)43-34(25-30-17-10-7-11-18-30)38(48)36(46)23-28(2)3)42-39(49)31(24-29-15-8-6-9-16-29)26-37(47)44(4)21-22-45-27-41-32-19-12-13-20-35(32)45/h1,6,8-9,12-13,15-16,19-20,27-28,30-31,33-34,36,38,46,48H,7,10-11,14,17-18,21-26H2,2-4H3,(H,42,49)(H,43,50)/t31?,33-,34?,36-,38+/m0/s1. The average Bonchev–Trinajstić information content (AvgIpc) is 3.53. The zero-order valence-corrected chi connectivity index (χ0v) is 29.8. The van der Waals surface area contributed by atoms with Crippen LogP contribution >= 0.6 is 0 Å². The lowest BCUT2D eigenvalue weighted by Gasteiger charge is -2.33. The second-order valence-corrected chi connectivity index (χ2v) is 14.3. The molecule has 1 heterocycles. The summed E-state index contributed by atoms with van der Waals surface area (Å²) in [5.74, 6) is 1.07. The highest BCUT2D eigenvalue weighted by Gasteiger charge is 2.34. The number of nitrogens with zero attached hydrogens (tertiary/aromatic N) is 3. The first-order valence-corrected chi connectivity index (χ1v) is 18.1. The largest absolute Gasteiger partial charge is 0.390 e. The first kappa shape index (κ1) is 38.6. The minimum Gasteiger partial charge on any atom is -0.390 e. The van der Waals surface area contributed by atoms with E-state index in [0.29, 0.717) is 38.3 Å². The summed E-state index contributed by atoms with van der Waals surface area (Å²) in [5, 5.41) is 27.8. The van der Waals surface area contributed by atoms with Gasteiger partial charge in [0.2, 0.25) is 17.7 Å². The second-order valence-electron chi connectivity index (χ2n) is 14.3. The van der Waals surface area contributed by atoms with Gasteiger partial charge in [0, 0.05) is 33.0 Å². The summed E-state index contributed by atoms with van der Waals surface area (Å²) in [5.41, 5.74) is 2.75. The van der Waals surface area contributed by atoms with Crippen LogP contribution in [0.25, 0.3) is 11.0 Å². The Morgan fingerprint density at radius 1 is 1.00 bits per heavy atom. The van der Waals surface area contributed by atoms with Gasteiger partial charge in [0.15, 0.2) is 0 Å². The Hall–Kier alpha value is -4.20. The van der Waals surface area contributed by atoms with Gasteiger partial charge in [-0.2, -0.15) is 0 Å². The number of para-hydroxylation sites is 2. The van der Waals surface area contributed by atoms with Crippen molar-refractivity contribution in [3.63, 3.8) is 0 Å².